The first-order valence-electron chi connectivity index (χ1n) is 8.73. The summed E-state index contributed by atoms with van der Waals surface area (Å²) in [5.74, 6) is 0.458. The molecule has 28 heavy (non-hydrogen) atoms. The second kappa shape index (κ2) is 7.16. The van der Waals surface area contributed by atoms with Crippen LogP contribution in [-0.2, 0) is 20.6 Å². The van der Waals surface area contributed by atoms with Crippen molar-refractivity contribution in [3.63, 3.8) is 0 Å². The normalized spacial score (nSPS) is 11.1. The van der Waals surface area contributed by atoms with Crippen LogP contribution in [0.2, 0.25) is 0 Å². The first-order valence-corrected chi connectivity index (χ1v) is 9.53. The summed E-state index contributed by atoms with van der Waals surface area (Å²) in [6.07, 6.45) is 0. The van der Waals surface area contributed by atoms with E-state index in [0.717, 1.165) is 20.2 Å². The molecular weight excluding hydrogens is 422 g/mol. The molecule has 0 amide bonds. The van der Waals surface area contributed by atoms with Crippen molar-refractivity contribution in [2.24, 2.45) is 14.1 Å². The van der Waals surface area contributed by atoms with Crippen molar-refractivity contribution < 1.29 is 4.42 Å². The SMILES string of the molecule is Cn1c(=O)c2c(-c3ccc(Br)cc3)c(NCc3ccccc3)oc2n(C)c1=O. The van der Waals surface area contributed by atoms with Gasteiger partial charge in [-0.05, 0) is 23.3 Å². The summed E-state index contributed by atoms with van der Waals surface area (Å²) in [7, 11) is 3.07. The zero-order chi connectivity index (χ0) is 19.8. The Balaban J connectivity index is 1.95. The molecule has 0 aliphatic heterocycles. The Morgan fingerprint density at radius 1 is 0.964 bits per heavy atom. The number of halogens is 1. The standard InChI is InChI=1S/C21H18BrN3O3/c1-24-19(26)17-16(14-8-10-15(22)11-9-14)18(28-20(17)25(2)21(24)27)23-12-13-6-4-3-5-7-13/h3-11,23H,12H2,1-2H3. The zero-order valence-corrected chi connectivity index (χ0v) is 17.0. The van der Waals surface area contributed by atoms with Gasteiger partial charge in [-0.2, -0.15) is 0 Å². The largest absolute Gasteiger partial charge is 0.423 e. The van der Waals surface area contributed by atoms with Crippen LogP contribution in [0.25, 0.3) is 22.2 Å². The molecule has 6 nitrogen and oxygen atoms in total. The Bertz CT molecular complexity index is 1270. The summed E-state index contributed by atoms with van der Waals surface area (Å²) in [6.45, 7) is 0.526. The molecule has 2 aromatic carbocycles. The van der Waals surface area contributed by atoms with Gasteiger partial charge in [-0.25, -0.2) is 4.79 Å². The van der Waals surface area contributed by atoms with Crippen LogP contribution >= 0.6 is 15.9 Å². The van der Waals surface area contributed by atoms with Crippen molar-refractivity contribution in [3.05, 3.63) is 85.5 Å². The van der Waals surface area contributed by atoms with Gasteiger partial charge in [0.1, 0.15) is 5.39 Å². The van der Waals surface area contributed by atoms with Crippen molar-refractivity contribution in [1.82, 2.24) is 9.13 Å². The topological polar surface area (TPSA) is 69.2 Å². The fraction of sp³-hybridized carbons (Fsp3) is 0.143. The third-order valence-electron chi connectivity index (χ3n) is 4.72. The van der Waals surface area contributed by atoms with E-state index in [1.165, 1.54) is 11.6 Å². The molecule has 4 rings (SSSR count). The van der Waals surface area contributed by atoms with Gasteiger partial charge in [-0.1, -0.05) is 58.4 Å². The highest BCUT2D eigenvalue weighted by Crippen LogP contribution is 2.37. The maximum absolute atomic E-state index is 12.9. The summed E-state index contributed by atoms with van der Waals surface area (Å²) in [5, 5.41) is 3.66. The Morgan fingerprint density at radius 3 is 2.32 bits per heavy atom. The Kier molecular flexibility index (Phi) is 4.68. The summed E-state index contributed by atoms with van der Waals surface area (Å²) >= 11 is 3.44. The third kappa shape index (κ3) is 3.07. The van der Waals surface area contributed by atoms with Gasteiger partial charge in [0, 0.05) is 25.1 Å². The van der Waals surface area contributed by atoms with Gasteiger partial charge < -0.3 is 9.73 Å². The van der Waals surface area contributed by atoms with E-state index in [-0.39, 0.29) is 11.3 Å². The summed E-state index contributed by atoms with van der Waals surface area (Å²) in [5.41, 5.74) is 1.99. The van der Waals surface area contributed by atoms with Crippen LogP contribution in [0.15, 0.2) is 73.1 Å². The molecule has 1 N–H and O–H groups in total. The number of hydrogen-bond donors (Lipinski definition) is 1. The lowest BCUT2D eigenvalue weighted by Crippen LogP contribution is -2.36. The lowest BCUT2D eigenvalue weighted by atomic mass is 10.1. The molecule has 0 saturated carbocycles. The number of anilines is 1. The van der Waals surface area contributed by atoms with Crippen LogP contribution in [0.4, 0.5) is 5.88 Å². The lowest BCUT2D eigenvalue weighted by Gasteiger charge is -2.07. The van der Waals surface area contributed by atoms with Crippen LogP contribution in [0.3, 0.4) is 0 Å². The zero-order valence-electron chi connectivity index (χ0n) is 15.4. The molecule has 0 unspecified atom stereocenters. The second-order valence-corrected chi connectivity index (χ2v) is 7.45. The fourth-order valence-corrected chi connectivity index (χ4v) is 3.48. The molecule has 4 aromatic rings. The van der Waals surface area contributed by atoms with Crippen molar-refractivity contribution in [2.45, 2.75) is 6.54 Å². The number of furan rings is 1. The van der Waals surface area contributed by atoms with E-state index in [4.69, 9.17) is 4.42 Å². The minimum Gasteiger partial charge on any atom is -0.423 e. The van der Waals surface area contributed by atoms with Crippen LogP contribution in [0.1, 0.15) is 5.56 Å². The highest BCUT2D eigenvalue weighted by atomic mass is 79.9. The van der Waals surface area contributed by atoms with Crippen LogP contribution in [0.5, 0.6) is 0 Å². The molecule has 7 heteroatoms. The highest BCUT2D eigenvalue weighted by Gasteiger charge is 2.23. The maximum Gasteiger partial charge on any atom is 0.333 e. The van der Waals surface area contributed by atoms with E-state index in [9.17, 15) is 9.59 Å². The van der Waals surface area contributed by atoms with E-state index in [1.54, 1.807) is 7.05 Å². The molecular formula is C21H18BrN3O3. The fourth-order valence-electron chi connectivity index (χ4n) is 3.21. The van der Waals surface area contributed by atoms with Gasteiger partial charge in [0.15, 0.2) is 0 Å². The molecule has 0 aliphatic rings. The quantitative estimate of drug-likeness (QED) is 0.523. The van der Waals surface area contributed by atoms with Gasteiger partial charge in [0.25, 0.3) is 5.56 Å². The highest BCUT2D eigenvalue weighted by molar-refractivity contribution is 9.10. The first-order chi connectivity index (χ1) is 13.5. The van der Waals surface area contributed by atoms with Gasteiger partial charge in [-0.3, -0.25) is 13.9 Å². The minimum atomic E-state index is -0.428. The van der Waals surface area contributed by atoms with Crippen molar-refractivity contribution in [1.29, 1.82) is 0 Å². The molecule has 0 radical (unpaired) electrons. The maximum atomic E-state index is 12.9. The summed E-state index contributed by atoms with van der Waals surface area (Å²) in [4.78, 5) is 25.2. The molecule has 2 heterocycles. The number of nitrogens with one attached hydrogen (secondary N) is 1. The number of hydrogen-bond acceptors (Lipinski definition) is 4. The molecule has 142 valence electrons. The number of benzene rings is 2. The predicted molar refractivity (Wildman–Crippen MR) is 114 cm³/mol. The van der Waals surface area contributed by atoms with E-state index in [2.05, 4.69) is 21.2 Å². The van der Waals surface area contributed by atoms with Crippen LogP contribution in [0, 0.1) is 0 Å². The average Bonchev–Trinajstić information content (AvgIpc) is 3.10. The smallest absolute Gasteiger partial charge is 0.333 e. The molecule has 0 bridgehead atoms. The molecule has 0 spiro atoms. The van der Waals surface area contributed by atoms with E-state index in [0.29, 0.717) is 23.4 Å². The molecule has 2 aromatic heterocycles. The van der Waals surface area contributed by atoms with E-state index >= 15 is 0 Å². The van der Waals surface area contributed by atoms with Crippen LogP contribution in [-0.4, -0.2) is 9.13 Å². The van der Waals surface area contributed by atoms with Gasteiger partial charge in [0.2, 0.25) is 11.6 Å². The molecule has 0 atom stereocenters. The van der Waals surface area contributed by atoms with E-state index < -0.39 is 5.69 Å². The first kappa shape index (κ1) is 18.3. The van der Waals surface area contributed by atoms with Gasteiger partial charge in [-0.15, -0.1) is 0 Å². The third-order valence-corrected chi connectivity index (χ3v) is 5.24. The van der Waals surface area contributed by atoms with Crippen molar-refractivity contribution in [2.75, 3.05) is 5.32 Å². The minimum absolute atomic E-state index is 0.251. The monoisotopic (exact) mass is 439 g/mol. The number of aryl methyl sites for hydroxylation is 1. The second-order valence-electron chi connectivity index (χ2n) is 6.54. The van der Waals surface area contributed by atoms with Gasteiger partial charge >= 0.3 is 5.69 Å². The molecule has 0 fully saturated rings. The number of nitrogens with zero attached hydrogens (tertiary/aromatic N) is 2. The summed E-state index contributed by atoms with van der Waals surface area (Å²) in [6, 6.07) is 17.5. The van der Waals surface area contributed by atoms with Gasteiger partial charge in [0.05, 0.1) is 5.56 Å². The Labute approximate surface area is 169 Å². The predicted octanol–water partition coefficient (Wildman–Crippen LogP) is 3.87. The Morgan fingerprint density at radius 2 is 1.64 bits per heavy atom. The van der Waals surface area contributed by atoms with Crippen molar-refractivity contribution in [3.8, 4) is 11.1 Å². The van der Waals surface area contributed by atoms with E-state index in [1.807, 2.05) is 54.6 Å². The average molecular weight is 440 g/mol. The number of rotatable bonds is 4. The summed E-state index contributed by atoms with van der Waals surface area (Å²) < 4.78 is 9.37. The van der Waals surface area contributed by atoms with Crippen molar-refractivity contribution >= 4 is 32.9 Å². The molecule has 0 aliphatic carbocycles. The lowest BCUT2D eigenvalue weighted by molar-refractivity contribution is 0.573. The number of aromatic nitrogens is 2. The Hall–Kier alpha value is -3.06. The van der Waals surface area contributed by atoms with Crippen LogP contribution < -0.4 is 16.6 Å². The number of fused-ring (bicyclic) bond motifs is 1. The molecule has 0 saturated heterocycles.